The number of hydrogen-bond acceptors (Lipinski definition) is 5. The van der Waals surface area contributed by atoms with Gasteiger partial charge in [0, 0.05) is 72.9 Å². The molecule has 1 amide bonds. The van der Waals surface area contributed by atoms with Crippen LogP contribution in [0, 0.1) is 0 Å². The highest BCUT2D eigenvalue weighted by Gasteiger charge is 2.33. The van der Waals surface area contributed by atoms with Crippen molar-refractivity contribution in [2.75, 3.05) is 40.8 Å². The van der Waals surface area contributed by atoms with E-state index in [0.29, 0.717) is 6.04 Å². The second-order valence-electron chi connectivity index (χ2n) is 9.77. The average Bonchev–Trinajstić information content (AvgIpc) is 3.44. The summed E-state index contributed by atoms with van der Waals surface area (Å²) in [5.74, 6) is 0. The molecule has 1 saturated heterocycles. The molecule has 1 aromatic carbocycles. The van der Waals surface area contributed by atoms with Gasteiger partial charge < -0.3 is 19.7 Å². The van der Waals surface area contributed by atoms with Crippen molar-refractivity contribution in [3.63, 3.8) is 0 Å². The molecule has 5 heterocycles. The molecule has 4 aromatic rings. The van der Waals surface area contributed by atoms with Gasteiger partial charge >= 0.3 is 6.03 Å². The van der Waals surface area contributed by atoms with Gasteiger partial charge in [-0.15, -0.1) is 0 Å². The number of rotatable bonds is 3. The lowest BCUT2D eigenvalue weighted by Gasteiger charge is -2.42. The third kappa shape index (κ3) is 3.59. The predicted molar refractivity (Wildman–Crippen MR) is 133 cm³/mol. The number of hydrogen-bond donors (Lipinski definition) is 1. The number of nitrogens with zero attached hydrogens (tertiary/aromatic N) is 6. The standard InChI is InChI=1S/C26H29N7O/c1-30(2)22-15-32(16-22)26(34)33-14-21(11-29-33)24-12-28-25-23(24)9-19(10-27-25)18-5-4-17-6-7-31(3)13-20(17)8-18/h4-5,8-12,14,22H,6-7,13,15-16H2,1-3H3,(H,27,28). The number of likely N-dealkylation sites (tertiary alicyclic amines) is 1. The summed E-state index contributed by atoms with van der Waals surface area (Å²) < 4.78 is 1.44. The van der Waals surface area contributed by atoms with Gasteiger partial charge in [-0.1, -0.05) is 12.1 Å². The molecule has 3 aromatic heterocycles. The Hall–Kier alpha value is -3.49. The fraction of sp³-hybridized carbons (Fsp3) is 0.346. The molecule has 0 saturated carbocycles. The zero-order valence-corrected chi connectivity index (χ0v) is 19.8. The highest BCUT2D eigenvalue weighted by Crippen LogP contribution is 2.32. The largest absolute Gasteiger partial charge is 0.346 e. The van der Waals surface area contributed by atoms with Crippen LogP contribution in [0.1, 0.15) is 11.1 Å². The fourth-order valence-corrected chi connectivity index (χ4v) is 4.93. The Labute approximate surface area is 198 Å². The minimum Gasteiger partial charge on any atom is -0.346 e. The van der Waals surface area contributed by atoms with E-state index in [1.54, 1.807) is 6.20 Å². The second-order valence-corrected chi connectivity index (χ2v) is 9.77. The Morgan fingerprint density at radius 1 is 1.09 bits per heavy atom. The van der Waals surface area contributed by atoms with Gasteiger partial charge in [0.15, 0.2) is 0 Å². The van der Waals surface area contributed by atoms with Crippen molar-refractivity contribution in [2.45, 2.75) is 19.0 Å². The highest BCUT2D eigenvalue weighted by atomic mass is 16.2. The van der Waals surface area contributed by atoms with E-state index in [2.05, 4.69) is 56.2 Å². The summed E-state index contributed by atoms with van der Waals surface area (Å²) in [6, 6.07) is 9.27. The zero-order chi connectivity index (χ0) is 23.4. The van der Waals surface area contributed by atoms with E-state index in [4.69, 9.17) is 0 Å². The summed E-state index contributed by atoms with van der Waals surface area (Å²) in [4.78, 5) is 27.1. The van der Waals surface area contributed by atoms with Crippen LogP contribution in [-0.4, -0.2) is 87.3 Å². The molecule has 8 heteroatoms. The van der Waals surface area contributed by atoms with E-state index in [-0.39, 0.29) is 6.03 Å². The Bertz CT molecular complexity index is 1380. The van der Waals surface area contributed by atoms with Gasteiger partial charge in [0.25, 0.3) is 0 Å². The van der Waals surface area contributed by atoms with Gasteiger partial charge in [-0.25, -0.2) is 9.78 Å². The molecule has 6 rings (SSSR count). The maximum atomic E-state index is 12.8. The van der Waals surface area contributed by atoms with Crippen molar-refractivity contribution in [1.82, 2.24) is 34.4 Å². The Balaban J connectivity index is 1.29. The number of amides is 1. The number of pyridine rings is 1. The van der Waals surface area contributed by atoms with Crippen LogP contribution in [0.2, 0.25) is 0 Å². The second kappa shape index (κ2) is 8.07. The average molecular weight is 456 g/mol. The number of nitrogens with one attached hydrogen (secondary N) is 1. The lowest BCUT2D eigenvalue weighted by Crippen LogP contribution is -2.60. The Morgan fingerprint density at radius 2 is 1.94 bits per heavy atom. The van der Waals surface area contributed by atoms with Crippen LogP contribution in [0.25, 0.3) is 33.3 Å². The predicted octanol–water partition coefficient (Wildman–Crippen LogP) is 3.30. The van der Waals surface area contributed by atoms with Crippen LogP contribution in [0.3, 0.4) is 0 Å². The van der Waals surface area contributed by atoms with Gasteiger partial charge in [-0.3, -0.25) is 0 Å². The van der Waals surface area contributed by atoms with E-state index in [1.807, 2.05) is 37.6 Å². The molecule has 0 atom stereocenters. The Kier molecular flexibility index (Phi) is 5.00. The first kappa shape index (κ1) is 21.1. The third-order valence-electron chi connectivity index (χ3n) is 7.23. The first-order valence-electron chi connectivity index (χ1n) is 11.7. The van der Waals surface area contributed by atoms with Crippen LogP contribution < -0.4 is 0 Å². The minimum atomic E-state index is -0.0815. The van der Waals surface area contributed by atoms with Crippen LogP contribution in [-0.2, 0) is 13.0 Å². The van der Waals surface area contributed by atoms with Crippen LogP contribution >= 0.6 is 0 Å². The highest BCUT2D eigenvalue weighted by molar-refractivity contribution is 5.96. The van der Waals surface area contributed by atoms with Crippen molar-refractivity contribution in [3.8, 4) is 22.3 Å². The normalized spacial score (nSPS) is 16.8. The SMILES string of the molecule is CN1CCc2ccc(-c3cnc4[nH]cc(-c5cnn(C(=O)N6CC(N(C)C)C6)c5)c4c3)cc2C1. The summed E-state index contributed by atoms with van der Waals surface area (Å²) in [5, 5.41) is 5.38. The number of benzene rings is 1. The first-order valence-corrected chi connectivity index (χ1v) is 11.7. The van der Waals surface area contributed by atoms with Gasteiger partial charge in [-0.05, 0) is 56.4 Å². The molecule has 1 N–H and O–H groups in total. The van der Waals surface area contributed by atoms with E-state index in [1.165, 1.54) is 21.4 Å². The molecule has 0 radical (unpaired) electrons. The van der Waals surface area contributed by atoms with Crippen molar-refractivity contribution < 1.29 is 4.79 Å². The van der Waals surface area contributed by atoms with E-state index in [0.717, 1.165) is 60.3 Å². The maximum Gasteiger partial charge on any atom is 0.344 e. The Morgan fingerprint density at radius 3 is 2.76 bits per heavy atom. The molecule has 0 unspecified atom stereocenters. The fourth-order valence-electron chi connectivity index (χ4n) is 4.93. The molecular formula is C26H29N7O. The van der Waals surface area contributed by atoms with Crippen molar-refractivity contribution in [1.29, 1.82) is 0 Å². The summed E-state index contributed by atoms with van der Waals surface area (Å²) in [5.41, 5.74) is 7.81. The summed E-state index contributed by atoms with van der Waals surface area (Å²) in [7, 11) is 6.25. The lowest BCUT2D eigenvalue weighted by atomic mass is 9.95. The van der Waals surface area contributed by atoms with Crippen LogP contribution in [0.15, 0.2) is 49.1 Å². The van der Waals surface area contributed by atoms with Crippen molar-refractivity contribution in [2.24, 2.45) is 0 Å². The van der Waals surface area contributed by atoms with Gasteiger partial charge in [0.1, 0.15) is 5.65 Å². The number of aromatic nitrogens is 4. The summed E-state index contributed by atoms with van der Waals surface area (Å²) in [6.45, 7) is 3.56. The number of likely N-dealkylation sites (N-methyl/N-ethyl adjacent to an activating group) is 2. The number of carbonyl (C=O) groups is 1. The van der Waals surface area contributed by atoms with E-state index >= 15 is 0 Å². The van der Waals surface area contributed by atoms with Crippen LogP contribution in [0.4, 0.5) is 4.79 Å². The number of carbonyl (C=O) groups excluding carboxylic acids is 1. The number of fused-ring (bicyclic) bond motifs is 2. The molecule has 34 heavy (non-hydrogen) atoms. The van der Waals surface area contributed by atoms with E-state index < -0.39 is 0 Å². The number of H-pyrrole nitrogens is 1. The van der Waals surface area contributed by atoms with Gasteiger partial charge in [0.05, 0.1) is 6.20 Å². The molecule has 8 nitrogen and oxygen atoms in total. The molecule has 0 spiro atoms. The van der Waals surface area contributed by atoms with Crippen molar-refractivity contribution in [3.05, 3.63) is 60.2 Å². The lowest BCUT2D eigenvalue weighted by molar-refractivity contribution is 0.0864. The topological polar surface area (TPSA) is 73.3 Å². The molecule has 174 valence electrons. The maximum absolute atomic E-state index is 12.8. The first-order chi connectivity index (χ1) is 16.5. The molecule has 0 bridgehead atoms. The smallest absolute Gasteiger partial charge is 0.344 e. The molecule has 2 aliphatic heterocycles. The number of aromatic amines is 1. The monoisotopic (exact) mass is 455 g/mol. The molecule has 1 fully saturated rings. The summed E-state index contributed by atoms with van der Waals surface area (Å²) >= 11 is 0. The van der Waals surface area contributed by atoms with Gasteiger partial charge in [-0.2, -0.15) is 9.78 Å². The van der Waals surface area contributed by atoms with E-state index in [9.17, 15) is 4.79 Å². The minimum absolute atomic E-state index is 0.0815. The third-order valence-corrected chi connectivity index (χ3v) is 7.23. The van der Waals surface area contributed by atoms with Crippen LogP contribution in [0.5, 0.6) is 0 Å². The molecule has 0 aliphatic carbocycles. The quantitative estimate of drug-likeness (QED) is 0.513. The summed E-state index contributed by atoms with van der Waals surface area (Å²) in [6.07, 6.45) is 8.54. The zero-order valence-electron chi connectivity index (χ0n) is 19.8. The van der Waals surface area contributed by atoms with Gasteiger partial charge in [0.2, 0.25) is 0 Å². The van der Waals surface area contributed by atoms with Crippen molar-refractivity contribution >= 4 is 17.1 Å². The molecular weight excluding hydrogens is 426 g/mol. The molecule has 2 aliphatic rings.